The van der Waals surface area contributed by atoms with Gasteiger partial charge in [0.2, 0.25) is 0 Å². The molecule has 0 aliphatic heterocycles. The number of hydrogen-bond donors (Lipinski definition) is 2. The number of rotatable bonds is 17. The molecule has 3 heteroatoms. The van der Waals surface area contributed by atoms with E-state index in [1.807, 2.05) is 0 Å². The fourth-order valence-corrected chi connectivity index (χ4v) is 3.68. The van der Waals surface area contributed by atoms with Crippen LogP contribution in [0.2, 0.25) is 0 Å². The molecule has 0 fully saturated rings. The molecule has 0 radical (unpaired) electrons. The van der Waals surface area contributed by atoms with Crippen molar-refractivity contribution in [3.63, 3.8) is 0 Å². The highest BCUT2D eigenvalue weighted by molar-refractivity contribution is 4.78. The van der Waals surface area contributed by atoms with E-state index in [0.29, 0.717) is 0 Å². The smallest absolute Gasteiger partial charge is 0.115 e. The van der Waals surface area contributed by atoms with Crippen LogP contribution >= 0.6 is 0 Å². The Balaban J connectivity index is 3.46. The summed E-state index contributed by atoms with van der Waals surface area (Å²) in [4.78, 5) is 1.78. The lowest BCUT2D eigenvalue weighted by Crippen LogP contribution is -2.55. The van der Waals surface area contributed by atoms with E-state index in [2.05, 4.69) is 6.92 Å². The molecule has 152 valence electrons. The van der Waals surface area contributed by atoms with Crippen molar-refractivity contribution in [3.05, 3.63) is 0 Å². The molecule has 0 amide bonds. The van der Waals surface area contributed by atoms with E-state index in [1.54, 1.807) is 32.6 Å². The summed E-state index contributed by atoms with van der Waals surface area (Å²) in [5.74, 6) is 0. The molecule has 0 rings (SSSR count). The van der Waals surface area contributed by atoms with Gasteiger partial charge in [-0.1, -0.05) is 90.4 Å². The van der Waals surface area contributed by atoms with Crippen molar-refractivity contribution in [2.75, 3.05) is 6.54 Å². The fourth-order valence-electron chi connectivity index (χ4n) is 3.68. The highest BCUT2D eigenvalue weighted by Crippen LogP contribution is 2.22. The van der Waals surface area contributed by atoms with E-state index in [9.17, 15) is 10.2 Å². The molecule has 0 aromatic rings. The van der Waals surface area contributed by atoms with Crippen LogP contribution in [-0.4, -0.2) is 33.1 Å². The quantitative estimate of drug-likeness (QED) is 0.240. The minimum Gasteiger partial charge on any atom is -0.376 e. The van der Waals surface area contributed by atoms with Gasteiger partial charge in [0.15, 0.2) is 0 Å². The Morgan fingerprint density at radius 1 is 0.520 bits per heavy atom. The predicted octanol–water partition coefficient (Wildman–Crippen LogP) is 6.23. The lowest BCUT2D eigenvalue weighted by molar-refractivity contribution is -0.200. The number of unbranched alkanes of at least 4 members (excludes halogenated alkanes) is 13. The second-order valence-electron chi connectivity index (χ2n) is 8.74. The average molecular weight is 358 g/mol. The molecule has 0 spiro atoms. The Bertz CT molecular complexity index is 277. The zero-order valence-electron chi connectivity index (χ0n) is 17.9. The Kier molecular flexibility index (Phi) is 13.9. The molecule has 0 aromatic carbocycles. The van der Waals surface area contributed by atoms with E-state index in [4.69, 9.17) is 0 Å². The van der Waals surface area contributed by atoms with Crippen LogP contribution in [-0.2, 0) is 0 Å². The molecule has 3 nitrogen and oxygen atoms in total. The third-order valence-corrected chi connectivity index (χ3v) is 5.06. The highest BCUT2D eigenvalue weighted by Gasteiger charge is 2.34. The first-order chi connectivity index (χ1) is 11.7. The van der Waals surface area contributed by atoms with Crippen molar-refractivity contribution in [1.82, 2.24) is 4.90 Å². The molecule has 0 atom stereocenters. The summed E-state index contributed by atoms with van der Waals surface area (Å²) in [6.45, 7) is 10.00. The largest absolute Gasteiger partial charge is 0.376 e. The van der Waals surface area contributed by atoms with Gasteiger partial charge >= 0.3 is 0 Å². The van der Waals surface area contributed by atoms with E-state index in [0.717, 1.165) is 13.0 Å². The Hall–Kier alpha value is -0.120. The van der Waals surface area contributed by atoms with Gasteiger partial charge in [0.05, 0.1) is 0 Å². The summed E-state index contributed by atoms with van der Waals surface area (Å²) in [5.41, 5.74) is -1.95. The first-order valence-electron chi connectivity index (χ1n) is 10.9. The van der Waals surface area contributed by atoms with Crippen LogP contribution in [0.5, 0.6) is 0 Å². The van der Waals surface area contributed by atoms with E-state index < -0.39 is 11.4 Å². The fraction of sp³-hybridized carbons (Fsp3) is 1.00. The molecule has 0 heterocycles. The molecule has 25 heavy (non-hydrogen) atoms. The second kappa shape index (κ2) is 14.0. The Labute approximate surface area is 158 Å². The molecule has 0 aliphatic rings. The van der Waals surface area contributed by atoms with Crippen LogP contribution < -0.4 is 0 Å². The lowest BCUT2D eigenvalue weighted by atomic mass is 10.0. The summed E-state index contributed by atoms with van der Waals surface area (Å²) in [5, 5.41) is 20.4. The average Bonchev–Trinajstić information content (AvgIpc) is 2.48. The third kappa shape index (κ3) is 14.7. The van der Waals surface area contributed by atoms with E-state index in [1.165, 1.54) is 83.5 Å². The van der Waals surface area contributed by atoms with E-state index >= 15 is 0 Å². The molecule has 0 aliphatic carbocycles. The van der Waals surface area contributed by atoms with Gasteiger partial charge < -0.3 is 10.2 Å². The topological polar surface area (TPSA) is 43.7 Å². The van der Waals surface area contributed by atoms with Gasteiger partial charge in [0.1, 0.15) is 11.4 Å². The zero-order valence-corrected chi connectivity index (χ0v) is 17.9. The first kappa shape index (κ1) is 24.9. The van der Waals surface area contributed by atoms with E-state index in [-0.39, 0.29) is 0 Å². The summed E-state index contributed by atoms with van der Waals surface area (Å²) in [7, 11) is 0. The number of hydrogen-bond acceptors (Lipinski definition) is 3. The van der Waals surface area contributed by atoms with Crippen LogP contribution in [0.25, 0.3) is 0 Å². The predicted molar refractivity (Wildman–Crippen MR) is 110 cm³/mol. The van der Waals surface area contributed by atoms with Gasteiger partial charge in [-0.2, -0.15) is 0 Å². The summed E-state index contributed by atoms with van der Waals surface area (Å²) in [6, 6.07) is 0. The molecule has 0 saturated heterocycles. The maximum Gasteiger partial charge on any atom is 0.115 e. The lowest BCUT2D eigenvalue weighted by Gasteiger charge is -2.42. The van der Waals surface area contributed by atoms with Crippen LogP contribution in [0.1, 0.15) is 125 Å². The monoisotopic (exact) mass is 357 g/mol. The third-order valence-electron chi connectivity index (χ3n) is 5.06. The van der Waals surface area contributed by atoms with Crippen molar-refractivity contribution in [2.24, 2.45) is 0 Å². The highest BCUT2D eigenvalue weighted by atomic mass is 16.3. The van der Waals surface area contributed by atoms with Crippen molar-refractivity contribution >= 4 is 0 Å². The molecular formula is C22H47NO2. The standard InChI is InChI=1S/C22H47NO2/c1-6-7-8-9-10-11-12-13-14-15-16-17-18-19-20-23(21(2,3)24)22(4,5)25/h24-25H,6-20H2,1-5H3. The van der Waals surface area contributed by atoms with Crippen molar-refractivity contribution in [3.8, 4) is 0 Å². The Morgan fingerprint density at radius 3 is 1.08 bits per heavy atom. The number of aliphatic hydroxyl groups is 2. The molecule has 2 N–H and O–H groups in total. The van der Waals surface area contributed by atoms with Gasteiger partial charge in [0, 0.05) is 6.54 Å². The minimum atomic E-state index is -0.977. The first-order valence-corrected chi connectivity index (χ1v) is 10.9. The van der Waals surface area contributed by atoms with Crippen LogP contribution in [0.4, 0.5) is 0 Å². The van der Waals surface area contributed by atoms with Gasteiger partial charge in [-0.3, -0.25) is 0 Å². The second-order valence-corrected chi connectivity index (χ2v) is 8.74. The maximum atomic E-state index is 10.2. The molecule has 0 bridgehead atoms. The SMILES string of the molecule is CCCCCCCCCCCCCCCCN(C(C)(C)O)C(C)(C)O. The Morgan fingerprint density at radius 2 is 0.800 bits per heavy atom. The van der Waals surface area contributed by atoms with Crippen molar-refractivity contribution in [2.45, 2.75) is 136 Å². The van der Waals surface area contributed by atoms with Crippen LogP contribution in [0.3, 0.4) is 0 Å². The molecule has 0 saturated carbocycles. The summed E-state index contributed by atoms with van der Waals surface area (Å²) < 4.78 is 0. The van der Waals surface area contributed by atoms with Crippen LogP contribution in [0, 0.1) is 0 Å². The summed E-state index contributed by atoms with van der Waals surface area (Å²) >= 11 is 0. The van der Waals surface area contributed by atoms with Gasteiger partial charge in [-0.05, 0) is 34.1 Å². The minimum absolute atomic E-state index is 0.741. The van der Waals surface area contributed by atoms with Crippen LogP contribution in [0.15, 0.2) is 0 Å². The maximum absolute atomic E-state index is 10.2. The molecule has 0 unspecified atom stereocenters. The molecule has 0 aromatic heterocycles. The normalized spacial score (nSPS) is 13.0. The van der Waals surface area contributed by atoms with Crippen molar-refractivity contribution < 1.29 is 10.2 Å². The number of nitrogens with zero attached hydrogens (tertiary/aromatic N) is 1. The summed E-state index contributed by atoms with van der Waals surface area (Å²) in [6.07, 6.45) is 18.8. The molecular weight excluding hydrogens is 310 g/mol. The van der Waals surface area contributed by atoms with Crippen molar-refractivity contribution in [1.29, 1.82) is 0 Å². The van der Waals surface area contributed by atoms with Gasteiger partial charge in [0.25, 0.3) is 0 Å². The van der Waals surface area contributed by atoms with Gasteiger partial charge in [-0.25, -0.2) is 4.90 Å². The zero-order chi connectivity index (χ0) is 19.2. The van der Waals surface area contributed by atoms with Gasteiger partial charge in [-0.15, -0.1) is 0 Å².